The fraction of sp³-hybridized carbons (Fsp3) is 0.562. The molecule has 130 valence electrons. The fourth-order valence-electron chi connectivity index (χ4n) is 2.11. The largest absolute Gasteiger partial charge is 0.573 e. The van der Waals surface area contributed by atoms with Gasteiger partial charge in [0.25, 0.3) is 0 Å². The van der Waals surface area contributed by atoms with E-state index in [2.05, 4.69) is 10.1 Å². The summed E-state index contributed by atoms with van der Waals surface area (Å²) < 4.78 is 41.5. The maximum absolute atomic E-state index is 12.5. The van der Waals surface area contributed by atoms with Gasteiger partial charge >= 0.3 is 6.36 Å². The summed E-state index contributed by atoms with van der Waals surface area (Å²) in [4.78, 5) is 0. The third-order valence-electron chi connectivity index (χ3n) is 3.27. The molecular formula is C16H24F3N3O. The minimum absolute atomic E-state index is 0.0828. The van der Waals surface area contributed by atoms with E-state index in [9.17, 15) is 13.2 Å². The van der Waals surface area contributed by atoms with Crippen molar-refractivity contribution in [3.63, 3.8) is 0 Å². The lowest BCUT2D eigenvalue weighted by molar-refractivity contribution is -0.274. The highest BCUT2D eigenvalue weighted by Crippen LogP contribution is 2.31. The number of nitrogens with two attached hydrogens (primary N) is 1. The highest BCUT2D eigenvalue weighted by atomic mass is 19.4. The van der Waals surface area contributed by atoms with Gasteiger partial charge in [-0.25, -0.2) is 0 Å². The van der Waals surface area contributed by atoms with Crippen molar-refractivity contribution in [1.82, 2.24) is 5.32 Å². The molecule has 0 radical (unpaired) electrons. The lowest BCUT2D eigenvalue weighted by atomic mass is 9.85. The van der Waals surface area contributed by atoms with E-state index in [4.69, 9.17) is 11.1 Å². The Morgan fingerprint density at radius 3 is 2.35 bits per heavy atom. The predicted molar refractivity (Wildman–Crippen MR) is 84.7 cm³/mol. The van der Waals surface area contributed by atoms with Crippen molar-refractivity contribution in [2.45, 2.75) is 51.8 Å². The number of rotatable bonds is 6. The second-order valence-electron chi connectivity index (χ2n) is 6.46. The maximum atomic E-state index is 12.5. The molecule has 4 nitrogen and oxygen atoms in total. The third-order valence-corrected chi connectivity index (χ3v) is 3.27. The van der Waals surface area contributed by atoms with E-state index in [1.807, 2.05) is 26.8 Å². The summed E-state index contributed by atoms with van der Waals surface area (Å²) in [6.07, 6.45) is -2.51. The van der Waals surface area contributed by atoms with Crippen molar-refractivity contribution >= 4 is 5.96 Å². The number of alkyl halides is 3. The monoisotopic (exact) mass is 331 g/mol. The van der Waals surface area contributed by atoms with Crippen molar-refractivity contribution in [1.29, 1.82) is 5.41 Å². The molecule has 0 unspecified atom stereocenters. The van der Waals surface area contributed by atoms with Crippen molar-refractivity contribution < 1.29 is 17.9 Å². The molecule has 0 saturated carbocycles. The average Bonchev–Trinajstić information content (AvgIpc) is 2.34. The Morgan fingerprint density at radius 1 is 1.17 bits per heavy atom. The van der Waals surface area contributed by atoms with Crippen LogP contribution in [0.25, 0.3) is 0 Å². The van der Waals surface area contributed by atoms with E-state index in [1.165, 1.54) is 12.1 Å². The Bertz CT molecular complexity index is 536. The van der Waals surface area contributed by atoms with E-state index in [0.717, 1.165) is 24.0 Å². The Morgan fingerprint density at radius 2 is 1.83 bits per heavy atom. The van der Waals surface area contributed by atoms with Gasteiger partial charge in [-0.05, 0) is 47.9 Å². The first kappa shape index (κ1) is 19.1. The van der Waals surface area contributed by atoms with Crippen LogP contribution < -0.4 is 15.8 Å². The second-order valence-corrected chi connectivity index (χ2v) is 6.46. The zero-order chi connectivity index (χ0) is 17.7. The molecule has 0 saturated heterocycles. The van der Waals surface area contributed by atoms with Gasteiger partial charge in [0.1, 0.15) is 5.75 Å². The summed E-state index contributed by atoms with van der Waals surface area (Å²) >= 11 is 0. The summed E-state index contributed by atoms with van der Waals surface area (Å²) in [5, 5.41) is 9.74. The minimum Gasteiger partial charge on any atom is -0.406 e. The zero-order valence-corrected chi connectivity index (χ0v) is 13.7. The Kier molecular flexibility index (Phi) is 6.29. The van der Waals surface area contributed by atoms with Crippen LogP contribution in [0.5, 0.6) is 5.75 Å². The van der Waals surface area contributed by atoms with Crippen LogP contribution in [0.3, 0.4) is 0 Å². The molecule has 0 atom stereocenters. The van der Waals surface area contributed by atoms with Crippen molar-refractivity contribution in [3.8, 4) is 5.75 Å². The molecule has 1 rings (SSSR count). The third kappa shape index (κ3) is 7.76. The SMILES string of the molecule is CC(C)(C)c1cc(CCCCNC(=N)N)cc(OC(F)(F)F)c1. The normalized spacial score (nSPS) is 12.1. The molecule has 1 aromatic rings. The number of halogens is 3. The molecule has 0 aromatic heterocycles. The first-order chi connectivity index (χ1) is 10.5. The fourth-order valence-corrected chi connectivity index (χ4v) is 2.11. The molecule has 0 heterocycles. The van der Waals surface area contributed by atoms with E-state index in [-0.39, 0.29) is 17.1 Å². The number of hydrogen-bond donors (Lipinski definition) is 3. The molecule has 0 fully saturated rings. The first-order valence-corrected chi connectivity index (χ1v) is 7.45. The predicted octanol–water partition coefficient (Wildman–Crippen LogP) is 3.69. The molecule has 0 aliphatic heterocycles. The van der Waals surface area contributed by atoms with Crippen LogP contribution >= 0.6 is 0 Å². The molecule has 4 N–H and O–H groups in total. The summed E-state index contributed by atoms with van der Waals surface area (Å²) in [7, 11) is 0. The molecule has 7 heteroatoms. The van der Waals surface area contributed by atoms with E-state index >= 15 is 0 Å². The van der Waals surface area contributed by atoms with Gasteiger partial charge in [-0.3, -0.25) is 5.41 Å². The van der Waals surface area contributed by atoms with Gasteiger partial charge in [0, 0.05) is 6.54 Å². The molecule has 0 amide bonds. The molecule has 23 heavy (non-hydrogen) atoms. The van der Waals surface area contributed by atoms with Crippen LogP contribution in [0.4, 0.5) is 13.2 Å². The number of aryl methyl sites for hydroxylation is 1. The first-order valence-electron chi connectivity index (χ1n) is 7.45. The van der Waals surface area contributed by atoms with Crippen molar-refractivity contribution in [2.24, 2.45) is 5.73 Å². The molecule has 0 bridgehead atoms. The number of guanidine groups is 1. The van der Waals surface area contributed by atoms with E-state index < -0.39 is 6.36 Å². The average molecular weight is 331 g/mol. The van der Waals surface area contributed by atoms with Crippen LogP contribution in [0.15, 0.2) is 18.2 Å². The van der Waals surface area contributed by atoms with Gasteiger partial charge in [-0.1, -0.05) is 26.8 Å². The number of nitrogens with one attached hydrogen (secondary N) is 2. The molecule has 0 aliphatic carbocycles. The quantitative estimate of drug-likeness (QED) is 0.423. The standard InChI is InChI=1S/C16H24F3N3O/c1-15(2,3)12-8-11(6-4-5-7-22-14(20)21)9-13(10-12)23-16(17,18)19/h8-10H,4-7H2,1-3H3,(H4,20,21,22). The lowest BCUT2D eigenvalue weighted by Gasteiger charge is -2.22. The highest BCUT2D eigenvalue weighted by Gasteiger charge is 2.31. The summed E-state index contributed by atoms with van der Waals surface area (Å²) in [6, 6.07) is 4.79. The summed E-state index contributed by atoms with van der Waals surface area (Å²) in [5.41, 5.74) is 6.52. The topological polar surface area (TPSA) is 71.1 Å². The number of hydrogen-bond acceptors (Lipinski definition) is 2. The van der Waals surface area contributed by atoms with Crippen molar-refractivity contribution in [3.05, 3.63) is 29.3 Å². The van der Waals surface area contributed by atoms with Crippen LogP contribution in [-0.4, -0.2) is 18.9 Å². The lowest BCUT2D eigenvalue weighted by Crippen LogP contribution is -2.30. The van der Waals surface area contributed by atoms with Gasteiger partial charge in [-0.15, -0.1) is 13.2 Å². The molecule has 0 spiro atoms. The van der Waals surface area contributed by atoms with Crippen LogP contribution in [0.2, 0.25) is 0 Å². The summed E-state index contributed by atoms with van der Waals surface area (Å²) in [5.74, 6) is -0.262. The van der Waals surface area contributed by atoms with Crippen molar-refractivity contribution in [2.75, 3.05) is 6.54 Å². The second kappa shape index (κ2) is 7.57. The molecule has 0 aliphatic rings. The van der Waals surface area contributed by atoms with Crippen LogP contribution in [0, 0.1) is 5.41 Å². The minimum atomic E-state index is -4.70. The van der Waals surface area contributed by atoms with Gasteiger partial charge in [0.15, 0.2) is 5.96 Å². The van der Waals surface area contributed by atoms with E-state index in [0.29, 0.717) is 13.0 Å². The molecule has 1 aromatic carbocycles. The van der Waals surface area contributed by atoms with Crippen LogP contribution in [0.1, 0.15) is 44.7 Å². The number of ether oxygens (including phenoxy) is 1. The van der Waals surface area contributed by atoms with Gasteiger partial charge in [-0.2, -0.15) is 0 Å². The number of benzene rings is 1. The van der Waals surface area contributed by atoms with Crippen LogP contribution in [-0.2, 0) is 11.8 Å². The number of unbranched alkanes of at least 4 members (excludes halogenated alkanes) is 1. The Labute approximate surface area is 134 Å². The van der Waals surface area contributed by atoms with Gasteiger partial charge in [0.05, 0.1) is 0 Å². The smallest absolute Gasteiger partial charge is 0.406 e. The molecular weight excluding hydrogens is 307 g/mol. The van der Waals surface area contributed by atoms with Gasteiger partial charge in [0.2, 0.25) is 0 Å². The maximum Gasteiger partial charge on any atom is 0.573 e. The van der Waals surface area contributed by atoms with E-state index in [1.54, 1.807) is 0 Å². The van der Waals surface area contributed by atoms with Gasteiger partial charge < -0.3 is 15.8 Å². The zero-order valence-electron chi connectivity index (χ0n) is 13.7. The Balaban J connectivity index is 2.80. The Hall–Kier alpha value is -1.92. The highest BCUT2D eigenvalue weighted by molar-refractivity contribution is 5.74. The summed E-state index contributed by atoms with van der Waals surface area (Å²) in [6.45, 7) is 6.40.